The summed E-state index contributed by atoms with van der Waals surface area (Å²) in [5.74, 6) is 1.12. The number of nitrogens with two attached hydrogens (primary N) is 1. The van der Waals surface area contributed by atoms with Crippen LogP contribution in [0.15, 0.2) is 12.4 Å². The molecule has 0 aliphatic rings. The largest absolute Gasteiger partial charge is 0.329 e. The molecule has 1 heterocycles. The van der Waals surface area contributed by atoms with Crippen molar-refractivity contribution in [3.05, 3.63) is 18.0 Å². The molecule has 0 aliphatic carbocycles. The van der Waals surface area contributed by atoms with Crippen LogP contribution in [0, 0.1) is 0 Å². The lowest BCUT2D eigenvalue weighted by Crippen LogP contribution is -2.38. The highest BCUT2D eigenvalue weighted by atomic mass is 32.2. The zero-order chi connectivity index (χ0) is 13.7. The fourth-order valence-electron chi connectivity index (χ4n) is 2.01. The van der Waals surface area contributed by atoms with Crippen molar-refractivity contribution >= 4 is 11.8 Å². The maximum Gasteiger partial charge on any atom is 0.0538 e. The minimum atomic E-state index is 0.250. The quantitative estimate of drug-likeness (QED) is 0.824. The van der Waals surface area contributed by atoms with Crippen molar-refractivity contribution in [2.24, 2.45) is 5.73 Å². The van der Waals surface area contributed by atoms with Gasteiger partial charge < -0.3 is 5.73 Å². The summed E-state index contributed by atoms with van der Waals surface area (Å²) in [5, 5.41) is 4.40. The number of thioether (sulfide) groups is 1. The average molecular weight is 270 g/mol. The molecule has 0 amide bonds. The molecule has 18 heavy (non-hydrogen) atoms. The Kier molecular flexibility index (Phi) is 6.18. The molecule has 2 unspecified atom stereocenters. The molecule has 2 N–H and O–H groups in total. The summed E-state index contributed by atoms with van der Waals surface area (Å²) in [7, 11) is 2.14. The summed E-state index contributed by atoms with van der Waals surface area (Å²) in [4.78, 5) is 2.35. The fourth-order valence-corrected chi connectivity index (χ4v) is 2.73. The van der Waals surface area contributed by atoms with E-state index in [1.807, 2.05) is 22.6 Å². The van der Waals surface area contributed by atoms with Gasteiger partial charge in [0, 0.05) is 36.1 Å². The van der Waals surface area contributed by atoms with Gasteiger partial charge in [-0.2, -0.15) is 16.9 Å². The van der Waals surface area contributed by atoms with Gasteiger partial charge in [0.25, 0.3) is 0 Å². The van der Waals surface area contributed by atoms with Gasteiger partial charge in [0.2, 0.25) is 0 Å². The highest BCUT2D eigenvalue weighted by molar-refractivity contribution is 7.98. The van der Waals surface area contributed by atoms with Gasteiger partial charge in [-0.15, -0.1) is 0 Å². The highest BCUT2D eigenvalue weighted by Crippen LogP contribution is 2.22. The second-order valence-corrected chi connectivity index (χ2v) is 5.98. The van der Waals surface area contributed by atoms with E-state index in [4.69, 9.17) is 5.73 Å². The van der Waals surface area contributed by atoms with Crippen LogP contribution in [0.1, 0.15) is 38.4 Å². The van der Waals surface area contributed by atoms with Crippen molar-refractivity contribution in [1.29, 1.82) is 0 Å². The number of rotatable bonds is 7. The van der Waals surface area contributed by atoms with Gasteiger partial charge in [-0.25, -0.2) is 0 Å². The Morgan fingerprint density at radius 3 is 2.56 bits per heavy atom. The molecular formula is C13H26N4S. The monoisotopic (exact) mass is 270 g/mol. The lowest BCUT2D eigenvalue weighted by molar-refractivity contribution is 0.204. The average Bonchev–Trinajstić information content (AvgIpc) is 2.79. The van der Waals surface area contributed by atoms with Crippen LogP contribution in [0.3, 0.4) is 0 Å². The second-order valence-electron chi connectivity index (χ2n) is 5.07. The highest BCUT2D eigenvalue weighted by Gasteiger charge is 2.21. The molecule has 1 aromatic rings. The minimum Gasteiger partial charge on any atom is -0.329 e. The van der Waals surface area contributed by atoms with Gasteiger partial charge in [-0.1, -0.05) is 0 Å². The maximum atomic E-state index is 5.94. The van der Waals surface area contributed by atoms with E-state index in [-0.39, 0.29) is 6.04 Å². The van der Waals surface area contributed by atoms with Gasteiger partial charge in [0.1, 0.15) is 0 Å². The zero-order valence-corrected chi connectivity index (χ0v) is 12.9. The van der Waals surface area contributed by atoms with Crippen molar-refractivity contribution in [3.8, 4) is 0 Å². The molecule has 2 atom stereocenters. The zero-order valence-electron chi connectivity index (χ0n) is 12.1. The van der Waals surface area contributed by atoms with E-state index in [0.29, 0.717) is 18.6 Å². The van der Waals surface area contributed by atoms with Gasteiger partial charge in [0.05, 0.1) is 12.2 Å². The predicted octanol–water partition coefficient (Wildman–Crippen LogP) is 2.15. The molecular weight excluding hydrogens is 244 g/mol. The van der Waals surface area contributed by atoms with E-state index in [9.17, 15) is 0 Å². The topological polar surface area (TPSA) is 47.1 Å². The van der Waals surface area contributed by atoms with Crippen molar-refractivity contribution in [1.82, 2.24) is 14.7 Å². The van der Waals surface area contributed by atoms with Crippen molar-refractivity contribution in [2.75, 3.05) is 25.6 Å². The first kappa shape index (κ1) is 15.5. The van der Waals surface area contributed by atoms with E-state index >= 15 is 0 Å². The second kappa shape index (κ2) is 7.16. The summed E-state index contributed by atoms with van der Waals surface area (Å²) >= 11 is 1.87. The molecule has 1 aromatic heterocycles. The van der Waals surface area contributed by atoms with E-state index < -0.39 is 0 Å². The number of aromatic nitrogens is 2. The first-order valence-electron chi connectivity index (χ1n) is 6.46. The molecule has 0 radical (unpaired) electrons. The molecule has 0 saturated carbocycles. The van der Waals surface area contributed by atoms with Crippen LogP contribution in [-0.4, -0.2) is 46.3 Å². The third kappa shape index (κ3) is 3.73. The summed E-state index contributed by atoms with van der Waals surface area (Å²) in [6.07, 6.45) is 6.20. The Labute approximate surface area is 115 Å². The normalized spacial score (nSPS) is 15.3. The molecule has 0 bridgehead atoms. The van der Waals surface area contributed by atoms with Crippen molar-refractivity contribution in [2.45, 2.75) is 38.9 Å². The third-order valence-corrected chi connectivity index (χ3v) is 4.17. The van der Waals surface area contributed by atoms with Crippen LogP contribution in [0.5, 0.6) is 0 Å². The molecule has 0 aliphatic heterocycles. The van der Waals surface area contributed by atoms with Crippen molar-refractivity contribution in [3.63, 3.8) is 0 Å². The molecule has 0 aromatic carbocycles. The van der Waals surface area contributed by atoms with Gasteiger partial charge in [-0.3, -0.25) is 9.58 Å². The predicted molar refractivity (Wildman–Crippen MR) is 80.0 cm³/mol. The lowest BCUT2D eigenvalue weighted by atomic mass is 10.1. The first-order valence-corrected chi connectivity index (χ1v) is 7.85. The van der Waals surface area contributed by atoms with Gasteiger partial charge >= 0.3 is 0 Å². The Bertz CT molecular complexity index is 351. The summed E-state index contributed by atoms with van der Waals surface area (Å²) in [6, 6.07) is 1.15. The van der Waals surface area contributed by atoms with E-state index in [1.165, 1.54) is 5.56 Å². The molecule has 4 nitrogen and oxygen atoms in total. The van der Waals surface area contributed by atoms with E-state index in [2.05, 4.69) is 50.3 Å². The third-order valence-electron chi connectivity index (χ3n) is 3.35. The minimum absolute atomic E-state index is 0.250. The number of nitrogens with zero attached hydrogens (tertiary/aromatic N) is 3. The van der Waals surface area contributed by atoms with Crippen LogP contribution < -0.4 is 5.73 Å². The SMILES string of the molecule is CSCC(C)N(C)C(CN)c1cnn(C(C)C)c1. The van der Waals surface area contributed by atoms with Crippen LogP contribution in [0.2, 0.25) is 0 Å². The molecule has 104 valence electrons. The summed E-state index contributed by atoms with van der Waals surface area (Å²) in [5.41, 5.74) is 7.15. The van der Waals surface area contributed by atoms with Crippen LogP contribution >= 0.6 is 11.8 Å². The lowest BCUT2D eigenvalue weighted by Gasteiger charge is -2.31. The smallest absolute Gasteiger partial charge is 0.0538 e. The first-order chi connectivity index (χ1) is 8.51. The summed E-state index contributed by atoms with van der Waals surface area (Å²) < 4.78 is 1.99. The van der Waals surface area contributed by atoms with Crippen LogP contribution in [0.4, 0.5) is 0 Å². The maximum absolute atomic E-state index is 5.94. The molecule has 5 heteroatoms. The van der Waals surface area contributed by atoms with Crippen molar-refractivity contribution < 1.29 is 0 Å². The number of hydrogen-bond donors (Lipinski definition) is 1. The van der Waals surface area contributed by atoms with Gasteiger partial charge in [0.15, 0.2) is 0 Å². The Morgan fingerprint density at radius 2 is 2.11 bits per heavy atom. The van der Waals surface area contributed by atoms with Gasteiger partial charge in [-0.05, 0) is 34.1 Å². The van der Waals surface area contributed by atoms with Crippen LogP contribution in [0.25, 0.3) is 0 Å². The fraction of sp³-hybridized carbons (Fsp3) is 0.769. The molecule has 0 fully saturated rings. The summed E-state index contributed by atoms with van der Waals surface area (Å²) in [6.45, 7) is 7.13. The number of hydrogen-bond acceptors (Lipinski definition) is 4. The standard InChI is InChI=1S/C13H26N4S/c1-10(2)17-8-12(7-15-17)13(6-14)16(4)11(3)9-18-5/h7-8,10-11,13H,6,9,14H2,1-5H3. The molecule has 0 saturated heterocycles. The van der Waals surface area contributed by atoms with Crippen LogP contribution in [-0.2, 0) is 0 Å². The number of likely N-dealkylation sites (N-methyl/N-ethyl adjacent to an activating group) is 1. The molecule has 0 spiro atoms. The van der Waals surface area contributed by atoms with E-state index in [0.717, 1.165) is 5.75 Å². The Morgan fingerprint density at radius 1 is 1.44 bits per heavy atom. The van der Waals surface area contributed by atoms with E-state index in [1.54, 1.807) is 0 Å². The molecule has 1 rings (SSSR count). The Balaban J connectivity index is 2.81. The Hall–Kier alpha value is -0.520.